The van der Waals surface area contributed by atoms with E-state index in [0.29, 0.717) is 17.1 Å². The maximum absolute atomic E-state index is 11.6. The van der Waals surface area contributed by atoms with Gasteiger partial charge in [0.15, 0.2) is 0 Å². The Morgan fingerprint density at radius 1 is 1.44 bits per heavy atom. The van der Waals surface area contributed by atoms with E-state index < -0.39 is 18.0 Å². The predicted octanol–water partition coefficient (Wildman–Crippen LogP) is 2.63. The Kier molecular flexibility index (Phi) is 4.97. The van der Waals surface area contributed by atoms with E-state index in [4.69, 9.17) is 16.7 Å². The molecule has 0 aromatic heterocycles. The molecule has 2 amide bonds. The lowest BCUT2D eigenvalue weighted by Crippen LogP contribution is -2.42. The molecule has 98 valence electrons. The summed E-state index contributed by atoms with van der Waals surface area (Å²) in [5.74, 6) is -1.06. The minimum Gasteiger partial charge on any atom is -0.480 e. The third-order valence-corrected chi connectivity index (χ3v) is 2.85. The molecule has 6 heteroatoms. The second-order valence-corrected chi connectivity index (χ2v) is 4.27. The summed E-state index contributed by atoms with van der Waals surface area (Å²) < 4.78 is 0. The van der Waals surface area contributed by atoms with E-state index in [-0.39, 0.29) is 0 Å². The predicted molar refractivity (Wildman–Crippen MR) is 70.1 cm³/mol. The number of halogens is 1. The van der Waals surface area contributed by atoms with Gasteiger partial charge >= 0.3 is 12.0 Å². The fourth-order valence-electron chi connectivity index (χ4n) is 1.33. The maximum atomic E-state index is 11.6. The summed E-state index contributed by atoms with van der Waals surface area (Å²) in [5, 5.41) is 14.2. The van der Waals surface area contributed by atoms with Crippen LogP contribution >= 0.6 is 11.6 Å². The average molecular weight is 271 g/mol. The first-order chi connectivity index (χ1) is 8.43. The molecule has 0 bridgehead atoms. The van der Waals surface area contributed by atoms with Gasteiger partial charge in [-0.1, -0.05) is 24.6 Å². The topological polar surface area (TPSA) is 78.4 Å². The van der Waals surface area contributed by atoms with E-state index in [1.165, 1.54) is 0 Å². The van der Waals surface area contributed by atoms with Gasteiger partial charge in [0.25, 0.3) is 0 Å². The van der Waals surface area contributed by atoms with Crippen molar-refractivity contribution in [3.8, 4) is 0 Å². The molecule has 0 aliphatic heterocycles. The first-order valence-corrected chi connectivity index (χ1v) is 5.88. The molecule has 0 heterocycles. The van der Waals surface area contributed by atoms with Crippen LogP contribution in [0.5, 0.6) is 0 Å². The lowest BCUT2D eigenvalue weighted by molar-refractivity contribution is -0.139. The number of amides is 2. The van der Waals surface area contributed by atoms with Gasteiger partial charge in [0, 0.05) is 10.7 Å². The first-order valence-electron chi connectivity index (χ1n) is 5.50. The van der Waals surface area contributed by atoms with E-state index in [1.54, 1.807) is 25.1 Å². The molecule has 1 aromatic rings. The number of aliphatic carboxylic acids is 1. The van der Waals surface area contributed by atoms with E-state index in [0.717, 1.165) is 5.56 Å². The number of aryl methyl sites for hydroxylation is 1. The van der Waals surface area contributed by atoms with Gasteiger partial charge in [0.05, 0.1) is 0 Å². The van der Waals surface area contributed by atoms with Gasteiger partial charge in [0.1, 0.15) is 6.04 Å². The Morgan fingerprint density at radius 2 is 2.11 bits per heavy atom. The largest absolute Gasteiger partial charge is 0.480 e. The fourth-order valence-corrected chi connectivity index (χ4v) is 1.51. The van der Waals surface area contributed by atoms with Crippen molar-refractivity contribution in [1.29, 1.82) is 0 Å². The molecule has 0 saturated heterocycles. The Morgan fingerprint density at radius 3 is 2.61 bits per heavy atom. The molecule has 0 unspecified atom stereocenters. The van der Waals surface area contributed by atoms with Gasteiger partial charge in [-0.3, -0.25) is 0 Å². The molecule has 1 rings (SSSR count). The summed E-state index contributed by atoms with van der Waals surface area (Å²) >= 11 is 5.91. The number of carboxylic acids is 1. The highest BCUT2D eigenvalue weighted by molar-refractivity contribution is 6.31. The Balaban J connectivity index is 2.64. The average Bonchev–Trinajstić information content (AvgIpc) is 2.30. The first kappa shape index (κ1) is 14.3. The minimum absolute atomic E-state index is 0.317. The van der Waals surface area contributed by atoms with Crippen LogP contribution in [0.15, 0.2) is 18.2 Å². The minimum atomic E-state index is -1.06. The highest BCUT2D eigenvalue weighted by Crippen LogP contribution is 2.19. The van der Waals surface area contributed by atoms with E-state index in [1.807, 2.05) is 6.92 Å². The molecule has 0 saturated carbocycles. The second kappa shape index (κ2) is 6.26. The third-order valence-electron chi connectivity index (χ3n) is 2.44. The van der Waals surface area contributed by atoms with Crippen molar-refractivity contribution < 1.29 is 14.7 Å². The molecule has 0 spiro atoms. The van der Waals surface area contributed by atoms with Crippen LogP contribution in [0.2, 0.25) is 5.02 Å². The monoisotopic (exact) mass is 270 g/mol. The number of rotatable bonds is 4. The molecule has 0 fully saturated rings. The normalized spacial score (nSPS) is 11.7. The van der Waals surface area contributed by atoms with Crippen molar-refractivity contribution >= 4 is 29.3 Å². The summed E-state index contributed by atoms with van der Waals surface area (Å²) in [5.41, 5.74) is 1.42. The fraction of sp³-hybridized carbons (Fsp3) is 0.333. The molecule has 1 atom stereocenters. The molecule has 3 N–H and O–H groups in total. The van der Waals surface area contributed by atoms with Crippen LogP contribution in [-0.2, 0) is 4.79 Å². The summed E-state index contributed by atoms with van der Waals surface area (Å²) in [6.07, 6.45) is 0.317. The molecule has 18 heavy (non-hydrogen) atoms. The molecule has 0 aliphatic carbocycles. The number of carbonyl (C=O) groups is 2. The smallest absolute Gasteiger partial charge is 0.326 e. The number of anilines is 1. The van der Waals surface area contributed by atoms with Gasteiger partial charge < -0.3 is 15.7 Å². The summed E-state index contributed by atoms with van der Waals surface area (Å²) in [7, 11) is 0. The van der Waals surface area contributed by atoms with Gasteiger partial charge in [-0.2, -0.15) is 0 Å². The quantitative estimate of drug-likeness (QED) is 0.787. The Bertz CT molecular complexity index is 463. The van der Waals surface area contributed by atoms with Crippen molar-refractivity contribution in [3.63, 3.8) is 0 Å². The number of urea groups is 1. The molecule has 0 aliphatic rings. The maximum Gasteiger partial charge on any atom is 0.326 e. The second-order valence-electron chi connectivity index (χ2n) is 3.86. The van der Waals surface area contributed by atoms with Crippen molar-refractivity contribution in [2.75, 3.05) is 5.32 Å². The van der Waals surface area contributed by atoms with Crippen molar-refractivity contribution in [1.82, 2.24) is 5.32 Å². The van der Waals surface area contributed by atoms with Crippen LogP contribution in [-0.4, -0.2) is 23.1 Å². The molecular formula is C12H15ClN2O3. The van der Waals surface area contributed by atoms with Gasteiger partial charge in [0.2, 0.25) is 0 Å². The van der Waals surface area contributed by atoms with Crippen LogP contribution < -0.4 is 10.6 Å². The number of carbonyl (C=O) groups excluding carboxylic acids is 1. The standard InChI is InChI=1S/C12H15ClN2O3/c1-3-10(11(16)17)15-12(18)14-8-5-4-7(2)9(13)6-8/h4-6,10H,3H2,1-2H3,(H,16,17)(H2,14,15,18)/t10-/m1/s1. The van der Waals surface area contributed by atoms with Crippen molar-refractivity contribution in [3.05, 3.63) is 28.8 Å². The number of benzene rings is 1. The van der Waals surface area contributed by atoms with E-state index >= 15 is 0 Å². The zero-order chi connectivity index (χ0) is 13.7. The Hall–Kier alpha value is -1.75. The summed E-state index contributed by atoms with van der Waals surface area (Å²) in [4.78, 5) is 22.3. The van der Waals surface area contributed by atoms with Crippen LogP contribution in [0.25, 0.3) is 0 Å². The van der Waals surface area contributed by atoms with Crippen molar-refractivity contribution in [2.24, 2.45) is 0 Å². The number of nitrogens with one attached hydrogen (secondary N) is 2. The van der Waals surface area contributed by atoms with Crippen LogP contribution in [0.1, 0.15) is 18.9 Å². The van der Waals surface area contributed by atoms with Gasteiger partial charge in [-0.15, -0.1) is 0 Å². The lowest BCUT2D eigenvalue weighted by atomic mass is 10.2. The molecule has 0 radical (unpaired) electrons. The number of carboxylic acid groups (broad SMARTS) is 1. The Labute approximate surface area is 110 Å². The van der Waals surface area contributed by atoms with Crippen LogP contribution in [0, 0.1) is 6.92 Å². The number of hydrogen-bond acceptors (Lipinski definition) is 2. The SMILES string of the molecule is CC[C@@H](NC(=O)Nc1ccc(C)c(Cl)c1)C(=O)O. The zero-order valence-corrected chi connectivity index (χ0v) is 10.9. The summed E-state index contributed by atoms with van der Waals surface area (Å²) in [6, 6.07) is 3.61. The van der Waals surface area contributed by atoms with E-state index in [2.05, 4.69) is 10.6 Å². The summed E-state index contributed by atoms with van der Waals surface area (Å²) in [6.45, 7) is 3.53. The zero-order valence-electron chi connectivity index (χ0n) is 10.2. The van der Waals surface area contributed by atoms with Crippen LogP contribution in [0.3, 0.4) is 0 Å². The van der Waals surface area contributed by atoms with Crippen molar-refractivity contribution in [2.45, 2.75) is 26.3 Å². The van der Waals surface area contributed by atoms with Crippen LogP contribution in [0.4, 0.5) is 10.5 Å². The third kappa shape index (κ3) is 3.92. The van der Waals surface area contributed by atoms with Gasteiger partial charge in [-0.25, -0.2) is 9.59 Å². The molecule has 1 aromatic carbocycles. The van der Waals surface area contributed by atoms with E-state index in [9.17, 15) is 9.59 Å². The highest BCUT2D eigenvalue weighted by Gasteiger charge is 2.17. The van der Waals surface area contributed by atoms with Gasteiger partial charge in [-0.05, 0) is 31.0 Å². The highest BCUT2D eigenvalue weighted by atomic mass is 35.5. The molecule has 5 nitrogen and oxygen atoms in total. The molecular weight excluding hydrogens is 256 g/mol. The number of hydrogen-bond donors (Lipinski definition) is 3. The lowest BCUT2D eigenvalue weighted by Gasteiger charge is -2.13.